The van der Waals surface area contributed by atoms with Gasteiger partial charge in [0.1, 0.15) is 5.82 Å². The van der Waals surface area contributed by atoms with Crippen LogP contribution in [0.25, 0.3) is 10.2 Å². The largest absolute Gasteiger partial charge is 0.312 e. The third-order valence-corrected chi connectivity index (χ3v) is 4.73. The Hall–Kier alpha value is -2.86. The number of benzene rings is 2. The van der Waals surface area contributed by atoms with Gasteiger partial charge in [0.15, 0.2) is 10.6 Å². The number of ketones is 1. The Morgan fingerprint density at radius 1 is 1.20 bits per heavy atom. The maximum Gasteiger partial charge on any atom is 0.279 e. The molecule has 0 N–H and O–H groups in total. The first kappa shape index (κ1) is 17.0. The molecule has 0 fully saturated rings. The molecule has 0 saturated heterocycles. The number of carbonyl (C=O) groups excluding carboxylic acids is 2. The van der Waals surface area contributed by atoms with Crippen molar-refractivity contribution >= 4 is 33.2 Å². The summed E-state index contributed by atoms with van der Waals surface area (Å²) < 4.78 is 16.0. The highest BCUT2D eigenvalue weighted by molar-refractivity contribution is 7.16. The van der Waals surface area contributed by atoms with Gasteiger partial charge in [-0.15, -0.1) is 6.58 Å². The molecule has 1 amide bonds. The van der Waals surface area contributed by atoms with Gasteiger partial charge in [-0.05, 0) is 37.3 Å². The topological polar surface area (TPSA) is 51.4 Å². The first-order valence-electron chi connectivity index (χ1n) is 7.59. The Morgan fingerprint density at radius 2 is 1.88 bits per heavy atom. The van der Waals surface area contributed by atoms with E-state index in [-0.39, 0.29) is 11.6 Å². The molecule has 0 aliphatic heterocycles. The van der Waals surface area contributed by atoms with Gasteiger partial charge in [-0.3, -0.25) is 9.59 Å². The van der Waals surface area contributed by atoms with Crippen molar-refractivity contribution < 1.29 is 14.0 Å². The summed E-state index contributed by atoms with van der Waals surface area (Å²) in [5.74, 6) is -0.816. The fourth-order valence-corrected chi connectivity index (χ4v) is 3.50. The Kier molecular flexibility index (Phi) is 4.72. The molecule has 1 aromatic heterocycles. The standard InChI is InChI=1S/C19H15FN2O2S/c1-3-10-22-16-9-8-15(20)11-17(16)25-19(22)21-18(24)14-6-4-13(5-7-14)12(2)23/h3-9,11H,1,10H2,2H3. The maximum atomic E-state index is 13.4. The third kappa shape index (κ3) is 3.49. The minimum Gasteiger partial charge on any atom is -0.312 e. The summed E-state index contributed by atoms with van der Waals surface area (Å²) in [7, 11) is 0. The summed E-state index contributed by atoms with van der Waals surface area (Å²) in [6.45, 7) is 5.64. The highest BCUT2D eigenvalue weighted by Crippen LogP contribution is 2.19. The molecule has 0 aliphatic carbocycles. The zero-order valence-electron chi connectivity index (χ0n) is 13.5. The van der Waals surface area contributed by atoms with Gasteiger partial charge in [-0.2, -0.15) is 4.99 Å². The van der Waals surface area contributed by atoms with Gasteiger partial charge < -0.3 is 4.57 Å². The number of hydrogen-bond acceptors (Lipinski definition) is 3. The van der Waals surface area contributed by atoms with Crippen molar-refractivity contribution in [1.82, 2.24) is 4.57 Å². The van der Waals surface area contributed by atoms with Crippen LogP contribution in [0.3, 0.4) is 0 Å². The lowest BCUT2D eigenvalue weighted by molar-refractivity contribution is 0.0991. The first-order valence-corrected chi connectivity index (χ1v) is 8.41. The Labute approximate surface area is 147 Å². The number of aromatic nitrogens is 1. The van der Waals surface area contributed by atoms with Crippen molar-refractivity contribution in [2.75, 3.05) is 0 Å². The summed E-state index contributed by atoms with van der Waals surface area (Å²) in [4.78, 5) is 28.4. The van der Waals surface area contributed by atoms with Crippen LogP contribution in [-0.4, -0.2) is 16.3 Å². The highest BCUT2D eigenvalue weighted by Gasteiger charge is 2.10. The second kappa shape index (κ2) is 6.94. The molecular weight excluding hydrogens is 339 g/mol. The van der Waals surface area contributed by atoms with Crippen molar-refractivity contribution in [1.29, 1.82) is 0 Å². The molecule has 6 heteroatoms. The minimum atomic E-state index is -0.417. The van der Waals surface area contributed by atoms with E-state index in [0.29, 0.717) is 27.2 Å². The Morgan fingerprint density at radius 3 is 2.52 bits per heavy atom. The third-order valence-electron chi connectivity index (χ3n) is 3.69. The van der Waals surface area contributed by atoms with Gasteiger partial charge in [0, 0.05) is 17.7 Å². The average molecular weight is 354 g/mol. The second-order valence-electron chi connectivity index (χ2n) is 5.45. The van der Waals surface area contributed by atoms with E-state index in [1.165, 1.54) is 30.4 Å². The monoisotopic (exact) mass is 354 g/mol. The molecule has 25 heavy (non-hydrogen) atoms. The van der Waals surface area contributed by atoms with Crippen LogP contribution in [0.1, 0.15) is 27.6 Å². The van der Waals surface area contributed by atoms with Gasteiger partial charge in [-0.1, -0.05) is 29.5 Å². The molecule has 0 unspecified atom stereocenters. The number of thiazole rings is 1. The number of allylic oxidation sites excluding steroid dienone is 1. The molecule has 3 rings (SSSR count). The molecule has 0 bridgehead atoms. The number of carbonyl (C=O) groups is 2. The van der Waals surface area contributed by atoms with E-state index in [1.807, 2.05) is 4.57 Å². The fourth-order valence-electron chi connectivity index (χ4n) is 2.44. The number of Topliss-reactive ketones (excluding diaryl/α,β-unsaturated/α-hetero) is 1. The number of halogens is 1. The molecule has 0 spiro atoms. The van der Waals surface area contributed by atoms with E-state index in [2.05, 4.69) is 11.6 Å². The number of amides is 1. The zero-order chi connectivity index (χ0) is 18.0. The van der Waals surface area contributed by atoms with Crippen LogP contribution < -0.4 is 4.80 Å². The molecule has 126 valence electrons. The van der Waals surface area contributed by atoms with Crippen LogP contribution in [-0.2, 0) is 6.54 Å². The van der Waals surface area contributed by atoms with E-state index >= 15 is 0 Å². The minimum absolute atomic E-state index is 0.0636. The van der Waals surface area contributed by atoms with Crippen LogP contribution in [0.2, 0.25) is 0 Å². The van der Waals surface area contributed by atoms with Gasteiger partial charge >= 0.3 is 0 Å². The van der Waals surface area contributed by atoms with E-state index in [0.717, 1.165) is 5.52 Å². The SMILES string of the molecule is C=CCn1c(=NC(=O)c2ccc(C(C)=O)cc2)sc2cc(F)ccc21. The Bertz CT molecular complexity index is 1050. The van der Waals surface area contributed by atoms with Crippen LogP contribution in [0.5, 0.6) is 0 Å². The summed E-state index contributed by atoms with van der Waals surface area (Å²) in [6, 6.07) is 10.8. The van der Waals surface area contributed by atoms with E-state index in [1.54, 1.807) is 36.4 Å². The van der Waals surface area contributed by atoms with Crippen LogP contribution >= 0.6 is 11.3 Å². The number of hydrogen-bond donors (Lipinski definition) is 0. The quantitative estimate of drug-likeness (QED) is 0.526. The maximum absolute atomic E-state index is 13.4. The molecular formula is C19H15FN2O2S. The lowest BCUT2D eigenvalue weighted by Gasteiger charge is -2.01. The fraction of sp³-hybridized carbons (Fsp3) is 0.105. The summed E-state index contributed by atoms with van der Waals surface area (Å²) >= 11 is 1.24. The molecule has 1 heterocycles. The number of fused-ring (bicyclic) bond motifs is 1. The smallest absolute Gasteiger partial charge is 0.279 e. The van der Waals surface area contributed by atoms with Gasteiger partial charge in [0.25, 0.3) is 5.91 Å². The van der Waals surface area contributed by atoms with Crippen LogP contribution in [0.4, 0.5) is 4.39 Å². The number of nitrogens with zero attached hydrogens (tertiary/aromatic N) is 2. The van der Waals surface area contributed by atoms with Crippen molar-refractivity contribution in [3.8, 4) is 0 Å². The van der Waals surface area contributed by atoms with Gasteiger partial charge in [0.2, 0.25) is 0 Å². The van der Waals surface area contributed by atoms with Crippen molar-refractivity contribution in [3.63, 3.8) is 0 Å². The molecule has 4 nitrogen and oxygen atoms in total. The predicted molar refractivity (Wildman–Crippen MR) is 96.3 cm³/mol. The molecule has 0 atom stereocenters. The van der Waals surface area contributed by atoms with Gasteiger partial charge in [0.05, 0.1) is 10.2 Å². The summed E-state index contributed by atoms with van der Waals surface area (Å²) in [5.41, 5.74) is 1.72. The van der Waals surface area contributed by atoms with E-state index in [4.69, 9.17) is 0 Å². The van der Waals surface area contributed by atoms with Crippen molar-refractivity contribution in [2.24, 2.45) is 4.99 Å². The lowest BCUT2D eigenvalue weighted by Crippen LogP contribution is -2.16. The normalized spacial score (nSPS) is 11.7. The molecule has 0 saturated carbocycles. The zero-order valence-corrected chi connectivity index (χ0v) is 14.3. The van der Waals surface area contributed by atoms with Crippen LogP contribution in [0.15, 0.2) is 60.1 Å². The van der Waals surface area contributed by atoms with Crippen molar-refractivity contribution in [3.05, 3.63) is 76.9 Å². The average Bonchev–Trinajstić information content (AvgIpc) is 2.91. The summed E-state index contributed by atoms with van der Waals surface area (Å²) in [5, 5.41) is 0. The molecule has 3 aromatic rings. The lowest BCUT2D eigenvalue weighted by atomic mass is 10.1. The number of rotatable bonds is 4. The van der Waals surface area contributed by atoms with Gasteiger partial charge in [-0.25, -0.2) is 4.39 Å². The molecule has 0 radical (unpaired) electrons. The highest BCUT2D eigenvalue weighted by atomic mass is 32.1. The van der Waals surface area contributed by atoms with Crippen LogP contribution in [0, 0.1) is 5.82 Å². The Balaban J connectivity index is 2.07. The predicted octanol–water partition coefficient (Wildman–Crippen LogP) is 3.97. The van der Waals surface area contributed by atoms with E-state index < -0.39 is 5.91 Å². The summed E-state index contributed by atoms with van der Waals surface area (Å²) in [6.07, 6.45) is 1.70. The molecule has 0 aliphatic rings. The molecule has 2 aromatic carbocycles. The van der Waals surface area contributed by atoms with Crippen molar-refractivity contribution in [2.45, 2.75) is 13.5 Å². The second-order valence-corrected chi connectivity index (χ2v) is 6.46. The van der Waals surface area contributed by atoms with E-state index in [9.17, 15) is 14.0 Å². The first-order chi connectivity index (χ1) is 12.0.